The van der Waals surface area contributed by atoms with Crippen LogP contribution in [0.1, 0.15) is 33.1 Å². The molecule has 0 radical (unpaired) electrons. The van der Waals surface area contributed by atoms with E-state index in [0.29, 0.717) is 12.8 Å². The number of hydrogen-bond donors (Lipinski definition) is 2. The van der Waals surface area contributed by atoms with E-state index in [2.05, 4.69) is 5.32 Å². The van der Waals surface area contributed by atoms with Crippen LogP contribution >= 0.6 is 12.2 Å². The maximum atomic E-state index is 12.7. The van der Waals surface area contributed by atoms with Crippen molar-refractivity contribution in [1.82, 2.24) is 10.2 Å². The molecule has 3 amide bonds. The smallest absolute Gasteiger partial charge is 0.252 e. The number of thiocarbonyl (C=S) groups is 1. The highest BCUT2D eigenvalue weighted by molar-refractivity contribution is 7.80. The molecule has 2 fully saturated rings. The number of amides is 3. The highest BCUT2D eigenvalue weighted by Gasteiger charge is 2.54. The molecule has 1 saturated carbocycles. The molecule has 0 atom stereocenters. The maximum absolute atomic E-state index is 12.7. The van der Waals surface area contributed by atoms with E-state index in [1.54, 1.807) is 13.8 Å². The lowest BCUT2D eigenvalue weighted by atomic mass is 9.67. The summed E-state index contributed by atoms with van der Waals surface area (Å²) >= 11 is 5.01. The fourth-order valence-electron chi connectivity index (χ4n) is 2.46. The number of carbonyl (C=O) groups excluding carboxylic acids is 3. The topological polar surface area (TPSA) is 92.5 Å². The number of imide groups is 1. The Bertz CT molecular complexity index is 483. The van der Waals surface area contributed by atoms with Crippen LogP contribution in [0.4, 0.5) is 0 Å². The zero-order valence-corrected chi connectivity index (χ0v) is 11.8. The summed E-state index contributed by atoms with van der Waals surface area (Å²) < 4.78 is 0. The van der Waals surface area contributed by atoms with Gasteiger partial charge in [-0.1, -0.05) is 18.6 Å². The lowest BCUT2D eigenvalue weighted by molar-refractivity contribution is -0.161. The van der Waals surface area contributed by atoms with Gasteiger partial charge in [-0.15, -0.1) is 0 Å². The van der Waals surface area contributed by atoms with Crippen LogP contribution < -0.4 is 11.1 Å². The average Bonchev–Trinajstić information content (AvgIpc) is 2.21. The summed E-state index contributed by atoms with van der Waals surface area (Å²) in [5.41, 5.74) is 3.76. The second-order valence-electron chi connectivity index (χ2n) is 5.63. The molecule has 2 rings (SSSR count). The van der Waals surface area contributed by atoms with Crippen LogP contribution in [0.5, 0.6) is 0 Å². The summed E-state index contributed by atoms with van der Waals surface area (Å²) in [6.45, 7) is 3.08. The molecule has 0 aromatic rings. The second kappa shape index (κ2) is 4.26. The molecule has 0 aromatic carbocycles. The molecule has 1 heterocycles. The summed E-state index contributed by atoms with van der Waals surface area (Å²) in [4.78, 5) is 37.5. The molecule has 1 aliphatic carbocycles. The molecule has 19 heavy (non-hydrogen) atoms. The molecule has 6 nitrogen and oxygen atoms in total. The van der Waals surface area contributed by atoms with Crippen molar-refractivity contribution >= 4 is 34.9 Å². The minimum Gasteiger partial charge on any atom is -0.392 e. The van der Waals surface area contributed by atoms with Crippen molar-refractivity contribution in [3.8, 4) is 0 Å². The number of nitrogens with two attached hydrogens (primary N) is 1. The van der Waals surface area contributed by atoms with E-state index in [4.69, 9.17) is 18.0 Å². The number of rotatable bonds is 2. The Kier molecular flexibility index (Phi) is 3.12. The van der Waals surface area contributed by atoms with E-state index in [1.807, 2.05) is 0 Å². The minimum atomic E-state index is -1.07. The highest BCUT2D eigenvalue weighted by Crippen LogP contribution is 2.44. The van der Waals surface area contributed by atoms with Crippen molar-refractivity contribution in [1.29, 1.82) is 0 Å². The van der Waals surface area contributed by atoms with Crippen molar-refractivity contribution < 1.29 is 14.4 Å². The van der Waals surface area contributed by atoms with E-state index in [9.17, 15) is 14.4 Å². The average molecular weight is 283 g/mol. The monoisotopic (exact) mass is 283 g/mol. The van der Waals surface area contributed by atoms with Crippen molar-refractivity contribution in [2.75, 3.05) is 6.54 Å². The number of hydrogen-bond acceptors (Lipinski definition) is 4. The molecule has 104 valence electrons. The molecule has 3 N–H and O–H groups in total. The second-order valence-corrected chi connectivity index (χ2v) is 6.07. The van der Waals surface area contributed by atoms with E-state index in [0.717, 1.165) is 6.42 Å². The van der Waals surface area contributed by atoms with Gasteiger partial charge in [0.1, 0.15) is 12.1 Å². The Balaban J connectivity index is 2.34. The van der Waals surface area contributed by atoms with Crippen molar-refractivity contribution in [2.45, 2.75) is 38.6 Å². The standard InChI is InChI=1S/C12H17N3O3S/c1-11(2)9(17)14-7(16)6-15(11)10(18)12(8(13)19)4-3-5-12/h3-6H2,1-2H3,(H2,13,19)(H,14,16,17). The first-order valence-corrected chi connectivity index (χ1v) is 6.59. The summed E-state index contributed by atoms with van der Waals surface area (Å²) in [5, 5.41) is 2.24. The Hall–Kier alpha value is -1.50. The number of nitrogens with zero attached hydrogens (tertiary/aromatic N) is 1. The Labute approximate surface area is 116 Å². The molecule has 1 saturated heterocycles. The molecule has 0 bridgehead atoms. The molecule has 7 heteroatoms. The lowest BCUT2D eigenvalue weighted by Crippen LogP contribution is -2.69. The van der Waals surface area contributed by atoms with Crippen LogP contribution in [0, 0.1) is 5.41 Å². The van der Waals surface area contributed by atoms with Gasteiger partial charge in [-0.25, -0.2) is 0 Å². The van der Waals surface area contributed by atoms with Crippen LogP contribution in [0.25, 0.3) is 0 Å². The molecule has 1 aliphatic heterocycles. The first-order valence-electron chi connectivity index (χ1n) is 6.18. The van der Waals surface area contributed by atoms with Gasteiger partial charge in [-0.3, -0.25) is 19.7 Å². The normalized spacial score (nSPS) is 24.4. The fourth-order valence-corrected chi connectivity index (χ4v) is 2.75. The predicted octanol–water partition coefficient (Wildman–Crippen LogP) is -0.294. The van der Waals surface area contributed by atoms with Crippen molar-refractivity contribution in [3.63, 3.8) is 0 Å². The van der Waals surface area contributed by atoms with Gasteiger partial charge in [-0.05, 0) is 26.7 Å². The number of nitrogens with one attached hydrogen (secondary N) is 1. The largest absolute Gasteiger partial charge is 0.392 e. The van der Waals surface area contributed by atoms with E-state index >= 15 is 0 Å². The summed E-state index contributed by atoms with van der Waals surface area (Å²) in [7, 11) is 0. The minimum absolute atomic E-state index is 0.137. The van der Waals surface area contributed by atoms with Gasteiger partial charge in [0.2, 0.25) is 11.8 Å². The third-order valence-electron chi connectivity index (χ3n) is 4.12. The van der Waals surface area contributed by atoms with Gasteiger partial charge in [0.05, 0.1) is 10.4 Å². The fraction of sp³-hybridized carbons (Fsp3) is 0.667. The third kappa shape index (κ3) is 1.92. The van der Waals surface area contributed by atoms with Gasteiger partial charge in [0.15, 0.2) is 0 Å². The van der Waals surface area contributed by atoms with Gasteiger partial charge < -0.3 is 10.6 Å². The Morgan fingerprint density at radius 2 is 1.95 bits per heavy atom. The van der Waals surface area contributed by atoms with Gasteiger partial charge >= 0.3 is 0 Å². The van der Waals surface area contributed by atoms with Gasteiger partial charge in [-0.2, -0.15) is 0 Å². The molecular weight excluding hydrogens is 266 g/mol. The van der Waals surface area contributed by atoms with Crippen LogP contribution in [-0.2, 0) is 14.4 Å². The van der Waals surface area contributed by atoms with Gasteiger partial charge in [0.25, 0.3) is 5.91 Å². The van der Waals surface area contributed by atoms with Crippen LogP contribution in [-0.4, -0.2) is 39.7 Å². The van der Waals surface area contributed by atoms with Crippen LogP contribution in [0.15, 0.2) is 0 Å². The number of carbonyl (C=O) groups is 3. The quantitative estimate of drug-likeness (QED) is 0.536. The predicted molar refractivity (Wildman–Crippen MR) is 72.0 cm³/mol. The molecule has 0 spiro atoms. The SMILES string of the molecule is CC1(C)C(=O)NC(=O)CN1C(=O)C1(C(N)=S)CCC1. The maximum Gasteiger partial charge on any atom is 0.252 e. The lowest BCUT2D eigenvalue weighted by Gasteiger charge is -2.48. The van der Waals surface area contributed by atoms with E-state index < -0.39 is 22.8 Å². The summed E-state index contributed by atoms with van der Waals surface area (Å²) in [5.74, 6) is -1.26. The molecule has 2 aliphatic rings. The van der Waals surface area contributed by atoms with Gasteiger partial charge in [0, 0.05) is 0 Å². The summed E-state index contributed by atoms with van der Waals surface area (Å²) in [6, 6.07) is 0. The van der Waals surface area contributed by atoms with Crippen LogP contribution in [0.2, 0.25) is 0 Å². The van der Waals surface area contributed by atoms with Crippen molar-refractivity contribution in [2.24, 2.45) is 11.1 Å². The Morgan fingerprint density at radius 3 is 2.37 bits per heavy atom. The number of piperazine rings is 1. The first-order chi connectivity index (χ1) is 8.71. The molecular formula is C12H17N3O3S. The first kappa shape index (κ1) is 13.9. The zero-order chi connectivity index (χ0) is 14.4. The molecule has 0 unspecified atom stereocenters. The van der Waals surface area contributed by atoms with E-state index in [1.165, 1.54) is 4.90 Å². The van der Waals surface area contributed by atoms with Crippen LogP contribution in [0.3, 0.4) is 0 Å². The highest BCUT2D eigenvalue weighted by atomic mass is 32.1. The Morgan fingerprint density at radius 1 is 1.37 bits per heavy atom. The van der Waals surface area contributed by atoms with E-state index in [-0.39, 0.29) is 17.4 Å². The summed E-state index contributed by atoms with van der Waals surface area (Å²) in [6.07, 6.45) is 2.05. The zero-order valence-electron chi connectivity index (χ0n) is 11.0. The van der Waals surface area contributed by atoms with Crippen molar-refractivity contribution in [3.05, 3.63) is 0 Å². The molecule has 0 aromatic heterocycles. The third-order valence-corrected chi connectivity index (χ3v) is 4.51.